The van der Waals surface area contributed by atoms with Gasteiger partial charge in [0.15, 0.2) is 0 Å². The molecule has 1 unspecified atom stereocenters. The van der Waals surface area contributed by atoms with Crippen LogP contribution in [0.4, 0.5) is 0 Å². The van der Waals surface area contributed by atoms with Crippen LogP contribution < -0.4 is 5.73 Å². The van der Waals surface area contributed by atoms with Crippen molar-refractivity contribution in [1.29, 1.82) is 0 Å². The molecule has 0 amide bonds. The predicted octanol–water partition coefficient (Wildman–Crippen LogP) is 2.68. The van der Waals surface area contributed by atoms with E-state index in [0.29, 0.717) is 6.54 Å². The maximum absolute atomic E-state index is 6.23. The van der Waals surface area contributed by atoms with Gasteiger partial charge in [-0.1, -0.05) is 23.7 Å². The first kappa shape index (κ1) is 15.8. The van der Waals surface area contributed by atoms with Gasteiger partial charge in [0.05, 0.1) is 0 Å². The molecule has 1 aromatic carbocycles. The summed E-state index contributed by atoms with van der Waals surface area (Å²) in [5, 5.41) is 0.828. The van der Waals surface area contributed by atoms with E-state index in [0.717, 1.165) is 23.7 Å². The SMILES string of the molecule is Cc1ccc(C(CN)N(C)CCN2CCCC2)cc1Cl. The molecule has 1 saturated heterocycles. The molecule has 20 heavy (non-hydrogen) atoms. The summed E-state index contributed by atoms with van der Waals surface area (Å²) in [4.78, 5) is 4.88. The van der Waals surface area contributed by atoms with Gasteiger partial charge in [-0.15, -0.1) is 0 Å². The van der Waals surface area contributed by atoms with Gasteiger partial charge in [0.2, 0.25) is 0 Å². The Balaban J connectivity index is 1.96. The molecule has 2 N–H and O–H groups in total. The number of likely N-dealkylation sites (tertiary alicyclic amines) is 1. The van der Waals surface area contributed by atoms with E-state index in [2.05, 4.69) is 35.0 Å². The van der Waals surface area contributed by atoms with Crippen LogP contribution in [0.2, 0.25) is 5.02 Å². The summed E-state index contributed by atoms with van der Waals surface area (Å²) in [6.07, 6.45) is 2.69. The summed E-state index contributed by atoms with van der Waals surface area (Å²) < 4.78 is 0. The molecule has 0 bridgehead atoms. The number of hydrogen-bond acceptors (Lipinski definition) is 3. The number of rotatable bonds is 6. The van der Waals surface area contributed by atoms with E-state index in [-0.39, 0.29) is 6.04 Å². The molecule has 0 aromatic heterocycles. The highest BCUT2D eigenvalue weighted by molar-refractivity contribution is 6.31. The van der Waals surface area contributed by atoms with E-state index >= 15 is 0 Å². The van der Waals surface area contributed by atoms with E-state index in [9.17, 15) is 0 Å². The molecule has 1 aromatic rings. The Labute approximate surface area is 127 Å². The van der Waals surface area contributed by atoms with E-state index in [1.54, 1.807) is 0 Å². The van der Waals surface area contributed by atoms with Crippen molar-refractivity contribution < 1.29 is 0 Å². The molecule has 1 aliphatic rings. The minimum atomic E-state index is 0.246. The molecular formula is C16H26ClN3. The summed E-state index contributed by atoms with van der Waals surface area (Å²) in [5.41, 5.74) is 8.31. The zero-order chi connectivity index (χ0) is 14.5. The highest BCUT2D eigenvalue weighted by Gasteiger charge is 2.18. The summed E-state index contributed by atoms with van der Waals surface area (Å²) in [7, 11) is 2.15. The van der Waals surface area contributed by atoms with Crippen LogP contribution in [0.1, 0.15) is 30.0 Å². The van der Waals surface area contributed by atoms with Gasteiger partial charge in [0.1, 0.15) is 0 Å². The van der Waals surface area contributed by atoms with Crippen LogP contribution in [0, 0.1) is 6.92 Å². The quantitative estimate of drug-likeness (QED) is 0.876. The predicted molar refractivity (Wildman–Crippen MR) is 86.3 cm³/mol. The molecule has 4 heteroatoms. The summed E-state index contributed by atoms with van der Waals surface area (Å²) in [6.45, 7) is 7.32. The Bertz CT molecular complexity index is 430. The molecule has 112 valence electrons. The molecule has 1 aliphatic heterocycles. The lowest BCUT2D eigenvalue weighted by atomic mass is 10.0. The van der Waals surface area contributed by atoms with Gasteiger partial charge in [-0.05, 0) is 57.1 Å². The van der Waals surface area contributed by atoms with Crippen molar-refractivity contribution in [2.45, 2.75) is 25.8 Å². The lowest BCUT2D eigenvalue weighted by Gasteiger charge is -2.29. The number of halogens is 1. The Hall–Kier alpha value is -0.610. The molecular weight excluding hydrogens is 270 g/mol. The van der Waals surface area contributed by atoms with Crippen LogP contribution in [-0.2, 0) is 0 Å². The first-order valence-electron chi connectivity index (χ1n) is 7.50. The molecule has 1 atom stereocenters. The topological polar surface area (TPSA) is 32.5 Å². The Kier molecular flexibility index (Phi) is 5.85. The first-order valence-corrected chi connectivity index (χ1v) is 7.88. The Morgan fingerprint density at radius 3 is 2.65 bits per heavy atom. The van der Waals surface area contributed by atoms with E-state index in [1.165, 1.54) is 31.5 Å². The minimum Gasteiger partial charge on any atom is -0.329 e. The van der Waals surface area contributed by atoms with Gasteiger partial charge < -0.3 is 10.6 Å². The van der Waals surface area contributed by atoms with Crippen LogP contribution in [0.15, 0.2) is 18.2 Å². The number of nitrogens with two attached hydrogens (primary N) is 1. The van der Waals surface area contributed by atoms with Crippen molar-refractivity contribution in [2.75, 3.05) is 39.8 Å². The van der Waals surface area contributed by atoms with Crippen molar-refractivity contribution in [3.05, 3.63) is 34.3 Å². The van der Waals surface area contributed by atoms with Crippen LogP contribution in [0.5, 0.6) is 0 Å². The van der Waals surface area contributed by atoms with Crippen molar-refractivity contribution in [3.63, 3.8) is 0 Å². The fraction of sp³-hybridized carbons (Fsp3) is 0.625. The van der Waals surface area contributed by atoms with Crippen LogP contribution in [0.25, 0.3) is 0 Å². The monoisotopic (exact) mass is 295 g/mol. The highest BCUT2D eigenvalue weighted by atomic mass is 35.5. The third-order valence-electron chi connectivity index (χ3n) is 4.30. The largest absolute Gasteiger partial charge is 0.329 e. The Morgan fingerprint density at radius 2 is 2.05 bits per heavy atom. The zero-order valence-electron chi connectivity index (χ0n) is 12.6. The summed E-state index contributed by atoms with van der Waals surface area (Å²) in [5.74, 6) is 0. The van der Waals surface area contributed by atoms with Crippen molar-refractivity contribution in [3.8, 4) is 0 Å². The standard InChI is InChI=1S/C16H26ClN3/c1-13-5-6-14(11-15(13)17)16(12-18)19(2)9-10-20-7-3-4-8-20/h5-6,11,16H,3-4,7-10,12,18H2,1-2H3. The molecule has 1 heterocycles. The smallest absolute Gasteiger partial charge is 0.0468 e. The molecule has 2 rings (SSSR count). The van der Waals surface area contributed by atoms with Gasteiger partial charge in [-0.2, -0.15) is 0 Å². The number of aryl methyl sites for hydroxylation is 1. The summed E-state index contributed by atoms with van der Waals surface area (Å²) >= 11 is 6.23. The third-order valence-corrected chi connectivity index (χ3v) is 4.71. The van der Waals surface area contributed by atoms with Gasteiger partial charge >= 0.3 is 0 Å². The number of nitrogens with zero attached hydrogens (tertiary/aromatic N) is 2. The van der Waals surface area contributed by atoms with Crippen molar-refractivity contribution >= 4 is 11.6 Å². The Morgan fingerprint density at radius 1 is 1.35 bits per heavy atom. The number of benzene rings is 1. The molecule has 0 spiro atoms. The number of likely N-dealkylation sites (N-methyl/N-ethyl adjacent to an activating group) is 1. The molecule has 0 saturated carbocycles. The maximum atomic E-state index is 6.23. The third kappa shape index (κ3) is 3.95. The summed E-state index contributed by atoms with van der Waals surface area (Å²) in [6, 6.07) is 6.52. The lowest BCUT2D eigenvalue weighted by Crippen LogP contribution is -2.36. The van der Waals surface area contributed by atoms with Crippen molar-refractivity contribution in [1.82, 2.24) is 9.80 Å². The average molecular weight is 296 g/mol. The molecule has 0 radical (unpaired) electrons. The molecule has 3 nitrogen and oxygen atoms in total. The molecule has 0 aliphatic carbocycles. The van der Waals surface area contributed by atoms with Crippen LogP contribution >= 0.6 is 11.6 Å². The second-order valence-electron chi connectivity index (χ2n) is 5.79. The van der Waals surface area contributed by atoms with Gasteiger partial charge in [0.25, 0.3) is 0 Å². The maximum Gasteiger partial charge on any atom is 0.0468 e. The number of hydrogen-bond donors (Lipinski definition) is 1. The highest BCUT2D eigenvalue weighted by Crippen LogP contribution is 2.24. The normalized spacial score (nSPS) is 17.9. The van der Waals surface area contributed by atoms with Gasteiger partial charge in [-0.3, -0.25) is 4.90 Å². The van der Waals surface area contributed by atoms with Gasteiger partial charge in [-0.25, -0.2) is 0 Å². The van der Waals surface area contributed by atoms with Crippen LogP contribution in [-0.4, -0.2) is 49.6 Å². The fourth-order valence-corrected chi connectivity index (χ4v) is 3.04. The van der Waals surface area contributed by atoms with Gasteiger partial charge in [0, 0.05) is 30.7 Å². The fourth-order valence-electron chi connectivity index (χ4n) is 2.85. The van der Waals surface area contributed by atoms with E-state index < -0.39 is 0 Å². The minimum absolute atomic E-state index is 0.246. The van der Waals surface area contributed by atoms with Crippen molar-refractivity contribution in [2.24, 2.45) is 5.73 Å². The average Bonchev–Trinajstić information content (AvgIpc) is 2.94. The lowest BCUT2D eigenvalue weighted by molar-refractivity contribution is 0.209. The molecule has 1 fully saturated rings. The van der Waals surface area contributed by atoms with E-state index in [1.807, 2.05) is 6.92 Å². The van der Waals surface area contributed by atoms with E-state index in [4.69, 9.17) is 17.3 Å². The second-order valence-corrected chi connectivity index (χ2v) is 6.20. The van der Waals surface area contributed by atoms with Crippen LogP contribution in [0.3, 0.4) is 0 Å². The zero-order valence-corrected chi connectivity index (χ0v) is 13.4. The second kappa shape index (κ2) is 7.41. The first-order chi connectivity index (χ1) is 9.61.